The van der Waals surface area contributed by atoms with Crippen molar-refractivity contribution in [3.05, 3.63) is 120 Å². The molecule has 0 aliphatic carbocycles. The highest BCUT2D eigenvalue weighted by molar-refractivity contribution is 6.09. The molecule has 33 heavy (non-hydrogen) atoms. The molecule has 4 aromatic carbocycles. The van der Waals surface area contributed by atoms with E-state index in [1.54, 1.807) is 0 Å². The van der Waals surface area contributed by atoms with Gasteiger partial charge in [0.15, 0.2) is 0 Å². The molecule has 0 bridgehead atoms. The summed E-state index contributed by atoms with van der Waals surface area (Å²) in [5.74, 6) is 0.787. The number of nitrogens with zero attached hydrogens (tertiary/aromatic N) is 1. The molecule has 2 N–H and O–H groups in total. The predicted molar refractivity (Wildman–Crippen MR) is 138 cm³/mol. The number of rotatable bonds is 2. The van der Waals surface area contributed by atoms with E-state index in [0.29, 0.717) is 12.3 Å². The molecule has 0 spiro atoms. The van der Waals surface area contributed by atoms with E-state index < -0.39 is 0 Å². The van der Waals surface area contributed by atoms with Crippen molar-refractivity contribution in [1.29, 1.82) is 0 Å². The Kier molecular flexibility index (Phi) is 4.73. The molecule has 0 fully saturated rings. The second-order valence-corrected chi connectivity index (χ2v) is 8.30. The van der Waals surface area contributed by atoms with Crippen LogP contribution in [0.5, 0.6) is 5.75 Å². The van der Waals surface area contributed by atoms with E-state index in [-0.39, 0.29) is 0 Å². The lowest BCUT2D eigenvalue weighted by Gasteiger charge is -2.15. The van der Waals surface area contributed by atoms with Gasteiger partial charge >= 0.3 is 0 Å². The maximum absolute atomic E-state index is 6.18. The number of benzene rings is 4. The minimum absolute atomic E-state index is 0.482. The number of nitrogens with two attached hydrogens (primary N) is 1. The largest absolute Gasteiger partial charge is 0.487 e. The van der Waals surface area contributed by atoms with Gasteiger partial charge in [0.25, 0.3) is 0 Å². The van der Waals surface area contributed by atoms with Crippen molar-refractivity contribution >= 4 is 33.1 Å². The summed E-state index contributed by atoms with van der Waals surface area (Å²) in [4.78, 5) is 0. The summed E-state index contributed by atoms with van der Waals surface area (Å²) in [6.07, 6.45) is 7.25. The van der Waals surface area contributed by atoms with Crippen molar-refractivity contribution in [1.82, 2.24) is 4.57 Å². The molecule has 1 aromatic heterocycles. The van der Waals surface area contributed by atoms with E-state index in [1.165, 1.54) is 38.6 Å². The number of allylic oxidation sites excluding steroid dienone is 3. The lowest BCUT2D eigenvalue weighted by Crippen LogP contribution is -2.00. The van der Waals surface area contributed by atoms with Gasteiger partial charge in [-0.05, 0) is 42.3 Å². The minimum atomic E-state index is 0.482. The molecule has 0 saturated carbocycles. The van der Waals surface area contributed by atoms with Crippen molar-refractivity contribution < 1.29 is 4.74 Å². The van der Waals surface area contributed by atoms with Gasteiger partial charge in [-0.1, -0.05) is 78.9 Å². The van der Waals surface area contributed by atoms with Crippen LogP contribution >= 0.6 is 0 Å². The Morgan fingerprint density at radius 1 is 0.727 bits per heavy atom. The summed E-state index contributed by atoms with van der Waals surface area (Å²) in [6, 6.07) is 31.8. The van der Waals surface area contributed by atoms with Gasteiger partial charge in [0.1, 0.15) is 12.4 Å². The zero-order valence-corrected chi connectivity index (χ0v) is 18.2. The number of fused-ring (bicyclic) bond motifs is 4. The molecule has 3 nitrogen and oxygen atoms in total. The molecule has 2 heterocycles. The summed E-state index contributed by atoms with van der Waals surface area (Å²) in [5, 5.41) is 2.53. The zero-order chi connectivity index (χ0) is 22.2. The second kappa shape index (κ2) is 8.03. The lowest BCUT2D eigenvalue weighted by molar-refractivity contribution is 0.362. The van der Waals surface area contributed by atoms with Gasteiger partial charge in [-0.15, -0.1) is 0 Å². The molecule has 0 atom stereocenters. The van der Waals surface area contributed by atoms with Gasteiger partial charge in [-0.25, -0.2) is 0 Å². The highest BCUT2D eigenvalue weighted by Gasteiger charge is 2.16. The van der Waals surface area contributed by atoms with Crippen LogP contribution in [-0.2, 0) is 6.42 Å². The van der Waals surface area contributed by atoms with E-state index in [9.17, 15) is 0 Å². The predicted octanol–water partition coefficient (Wildman–Crippen LogP) is 6.94. The number of aromatic nitrogens is 1. The quantitative estimate of drug-likeness (QED) is 0.309. The smallest absolute Gasteiger partial charge is 0.146 e. The number of hydrogen-bond acceptors (Lipinski definition) is 2. The fourth-order valence-electron chi connectivity index (χ4n) is 4.83. The van der Waals surface area contributed by atoms with Crippen molar-refractivity contribution in [2.24, 2.45) is 0 Å². The molecule has 0 unspecified atom stereocenters. The highest BCUT2D eigenvalue weighted by Crippen LogP contribution is 2.35. The van der Waals surface area contributed by atoms with Crippen molar-refractivity contribution in [2.75, 3.05) is 12.3 Å². The van der Waals surface area contributed by atoms with Gasteiger partial charge in [-0.2, -0.15) is 0 Å². The van der Waals surface area contributed by atoms with Crippen LogP contribution in [0.15, 0.2) is 109 Å². The molecule has 1 aliphatic heterocycles. The third-order valence-electron chi connectivity index (χ3n) is 6.33. The van der Waals surface area contributed by atoms with Crippen LogP contribution in [-0.4, -0.2) is 11.2 Å². The average Bonchev–Trinajstić information content (AvgIpc) is 3.23. The maximum atomic E-state index is 6.18. The molecule has 0 saturated heterocycles. The van der Waals surface area contributed by atoms with Gasteiger partial charge in [0.05, 0.1) is 22.4 Å². The number of para-hydroxylation sites is 4. The number of ether oxygens (including phenoxy) is 1. The molecule has 160 valence electrons. The Morgan fingerprint density at radius 3 is 2.21 bits per heavy atom. The number of nitrogen functional groups attached to an aromatic ring is 1. The average molecular weight is 429 g/mol. The van der Waals surface area contributed by atoms with E-state index in [1.807, 2.05) is 12.1 Å². The fraction of sp³-hybridized carbons (Fsp3) is 0.0667. The first kappa shape index (κ1) is 19.4. The standard InChI is InChI=1S/C30H24N2O/c31-26-14-7-9-22-19-18-21(10-8-20-33-30(22)26)23-11-1-4-15-27(23)32-28-16-5-2-12-24(28)25-13-3-6-17-29(25)32/h1-18H,19-20,31H2/b10-8-,21-18+. The Bertz CT molecular complexity index is 1500. The molecule has 6 rings (SSSR count). The first-order chi connectivity index (χ1) is 16.3. The Balaban J connectivity index is 1.56. The first-order valence-corrected chi connectivity index (χ1v) is 11.3. The summed E-state index contributed by atoms with van der Waals surface area (Å²) in [6.45, 7) is 0.482. The van der Waals surface area contributed by atoms with Crippen LogP contribution in [0.1, 0.15) is 11.1 Å². The first-order valence-electron chi connectivity index (χ1n) is 11.3. The van der Waals surface area contributed by atoms with Gasteiger partial charge in [-0.3, -0.25) is 0 Å². The van der Waals surface area contributed by atoms with Crippen molar-refractivity contribution in [2.45, 2.75) is 6.42 Å². The molecule has 1 aliphatic rings. The van der Waals surface area contributed by atoms with Gasteiger partial charge in [0, 0.05) is 21.9 Å². The lowest BCUT2D eigenvalue weighted by atomic mass is 9.99. The molecule has 3 heteroatoms. The van der Waals surface area contributed by atoms with E-state index >= 15 is 0 Å². The Morgan fingerprint density at radius 2 is 1.42 bits per heavy atom. The van der Waals surface area contributed by atoms with Crippen molar-refractivity contribution in [3.8, 4) is 11.4 Å². The fourth-order valence-corrected chi connectivity index (χ4v) is 4.83. The highest BCUT2D eigenvalue weighted by atomic mass is 16.5. The number of anilines is 1. The third kappa shape index (κ3) is 3.30. The van der Waals surface area contributed by atoms with Crippen LogP contribution < -0.4 is 10.5 Å². The van der Waals surface area contributed by atoms with Crippen LogP contribution in [0.2, 0.25) is 0 Å². The van der Waals surface area contributed by atoms with Crippen LogP contribution in [0.25, 0.3) is 33.1 Å². The monoisotopic (exact) mass is 428 g/mol. The second-order valence-electron chi connectivity index (χ2n) is 8.30. The van der Waals surface area contributed by atoms with Crippen molar-refractivity contribution in [3.63, 3.8) is 0 Å². The normalized spacial score (nSPS) is 16.2. The Hall–Kier alpha value is -4.24. The molecule has 0 radical (unpaired) electrons. The molecular formula is C30H24N2O. The minimum Gasteiger partial charge on any atom is -0.487 e. The van der Waals surface area contributed by atoms with Crippen LogP contribution in [0, 0.1) is 0 Å². The zero-order valence-electron chi connectivity index (χ0n) is 18.2. The number of hydrogen-bond donors (Lipinski definition) is 1. The SMILES string of the molecule is Nc1cccc2c1OC/C=C\C(c1ccccc1-n1c3ccccc3c3ccccc31)=C/C2. The van der Waals surface area contributed by atoms with Gasteiger partial charge < -0.3 is 15.0 Å². The molecule has 0 amide bonds. The third-order valence-corrected chi connectivity index (χ3v) is 6.33. The van der Waals surface area contributed by atoms with Crippen LogP contribution in [0.4, 0.5) is 5.69 Å². The molecule has 5 aromatic rings. The van der Waals surface area contributed by atoms with E-state index in [4.69, 9.17) is 10.5 Å². The van der Waals surface area contributed by atoms with E-state index in [0.717, 1.165) is 17.7 Å². The van der Waals surface area contributed by atoms with Gasteiger partial charge in [0.2, 0.25) is 0 Å². The Labute approximate surface area is 193 Å². The summed E-state index contributed by atoms with van der Waals surface area (Å²) >= 11 is 0. The van der Waals surface area contributed by atoms with Crippen LogP contribution in [0.3, 0.4) is 0 Å². The summed E-state index contributed by atoms with van der Waals surface area (Å²) < 4.78 is 8.37. The maximum Gasteiger partial charge on any atom is 0.146 e. The topological polar surface area (TPSA) is 40.2 Å². The summed E-state index contributed by atoms with van der Waals surface area (Å²) in [7, 11) is 0. The van der Waals surface area contributed by atoms with E-state index in [2.05, 4.69) is 102 Å². The summed E-state index contributed by atoms with van der Waals surface area (Å²) in [5.41, 5.74) is 13.9. The molecular weight excluding hydrogens is 404 g/mol.